The quantitative estimate of drug-likeness (QED) is 0.843. The summed E-state index contributed by atoms with van der Waals surface area (Å²) in [6, 6.07) is 14.4. The summed E-state index contributed by atoms with van der Waals surface area (Å²) in [6.07, 6.45) is 0. The van der Waals surface area contributed by atoms with Crippen LogP contribution >= 0.6 is 12.2 Å². The third-order valence-electron chi connectivity index (χ3n) is 4.37. The molecule has 0 atom stereocenters. The minimum absolute atomic E-state index is 0.401. The summed E-state index contributed by atoms with van der Waals surface area (Å²) in [7, 11) is 0. The summed E-state index contributed by atoms with van der Waals surface area (Å²) < 4.78 is 27.1. The summed E-state index contributed by atoms with van der Waals surface area (Å²) in [4.78, 5) is 4.24. The molecule has 0 aromatic heterocycles. The topological polar surface area (TPSA) is 18.5 Å². The van der Waals surface area contributed by atoms with Crippen molar-refractivity contribution in [2.45, 2.75) is 13.1 Å². The fraction of sp³-hybridized carbons (Fsp3) is 0.316. The Hall–Kier alpha value is -2.05. The van der Waals surface area contributed by atoms with Gasteiger partial charge in [-0.2, -0.15) is 0 Å². The van der Waals surface area contributed by atoms with Crippen LogP contribution in [-0.4, -0.2) is 41.1 Å². The van der Waals surface area contributed by atoms with Crippen LogP contribution in [0, 0.1) is 11.6 Å². The van der Waals surface area contributed by atoms with E-state index in [0.29, 0.717) is 18.7 Å². The Morgan fingerprint density at radius 3 is 2.40 bits per heavy atom. The normalized spacial score (nSPS) is 15.2. The average molecular weight is 361 g/mol. The van der Waals surface area contributed by atoms with E-state index in [0.717, 1.165) is 37.4 Å². The number of piperazine rings is 1. The van der Waals surface area contributed by atoms with Gasteiger partial charge in [-0.1, -0.05) is 42.5 Å². The molecule has 3 nitrogen and oxygen atoms in total. The Morgan fingerprint density at radius 2 is 1.68 bits per heavy atom. The zero-order valence-corrected chi connectivity index (χ0v) is 14.7. The van der Waals surface area contributed by atoms with Crippen molar-refractivity contribution in [2.75, 3.05) is 26.2 Å². The smallest absolute Gasteiger partial charge is 0.169 e. The van der Waals surface area contributed by atoms with Crippen LogP contribution in [0.2, 0.25) is 0 Å². The van der Waals surface area contributed by atoms with E-state index in [1.807, 2.05) is 18.2 Å². The maximum Gasteiger partial charge on any atom is 0.169 e. The fourth-order valence-electron chi connectivity index (χ4n) is 2.91. The zero-order valence-electron chi connectivity index (χ0n) is 13.9. The first-order valence-electron chi connectivity index (χ1n) is 8.35. The first kappa shape index (κ1) is 17.8. The van der Waals surface area contributed by atoms with Crippen molar-refractivity contribution in [3.63, 3.8) is 0 Å². The van der Waals surface area contributed by atoms with Gasteiger partial charge in [-0.3, -0.25) is 4.90 Å². The molecule has 0 spiro atoms. The summed E-state index contributed by atoms with van der Waals surface area (Å²) in [5.41, 5.74) is 1.59. The first-order chi connectivity index (χ1) is 12.1. The molecule has 1 aliphatic heterocycles. The van der Waals surface area contributed by atoms with Crippen LogP contribution in [0.15, 0.2) is 48.5 Å². The number of benzene rings is 2. The number of thiocarbonyl (C=S) groups is 1. The molecule has 1 saturated heterocycles. The van der Waals surface area contributed by atoms with E-state index in [1.165, 1.54) is 5.56 Å². The van der Waals surface area contributed by atoms with Gasteiger partial charge >= 0.3 is 0 Å². The SMILES string of the molecule is Fc1cccc(CN2CCN(C(=S)NCc3ccccc3)CC2)c1F. The van der Waals surface area contributed by atoms with Gasteiger partial charge in [0.1, 0.15) is 0 Å². The molecule has 1 N–H and O–H groups in total. The third-order valence-corrected chi connectivity index (χ3v) is 4.77. The molecule has 0 radical (unpaired) electrons. The molecule has 0 aliphatic carbocycles. The second-order valence-electron chi connectivity index (χ2n) is 6.12. The Balaban J connectivity index is 1.46. The van der Waals surface area contributed by atoms with Crippen LogP contribution in [0.4, 0.5) is 8.78 Å². The highest BCUT2D eigenvalue weighted by molar-refractivity contribution is 7.80. The first-order valence-corrected chi connectivity index (χ1v) is 8.76. The van der Waals surface area contributed by atoms with Gasteiger partial charge in [0, 0.05) is 44.8 Å². The van der Waals surface area contributed by atoms with Gasteiger partial charge in [-0.25, -0.2) is 8.78 Å². The van der Waals surface area contributed by atoms with Crippen molar-refractivity contribution in [3.05, 3.63) is 71.3 Å². The van der Waals surface area contributed by atoms with Crippen LogP contribution in [0.5, 0.6) is 0 Å². The Labute approximate surface area is 152 Å². The molecule has 0 bridgehead atoms. The molecule has 25 heavy (non-hydrogen) atoms. The molecular weight excluding hydrogens is 340 g/mol. The number of nitrogens with zero attached hydrogens (tertiary/aromatic N) is 2. The highest BCUT2D eigenvalue weighted by Gasteiger charge is 2.20. The number of halogens is 2. The van der Waals surface area contributed by atoms with Gasteiger partial charge in [0.25, 0.3) is 0 Å². The Bertz CT molecular complexity index is 716. The predicted octanol–water partition coefficient (Wildman–Crippen LogP) is 3.16. The lowest BCUT2D eigenvalue weighted by molar-refractivity contribution is 0.172. The Morgan fingerprint density at radius 1 is 0.960 bits per heavy atom. The van der Waals surface area contributed by atoms with E-state index < -0.39 is 11.6 Å². The van der Waals surface area contributed by atoms with Crippen molar-refractivity contribution in [1.82, 2.24) is 15.1 Å². The van der Waals surface area contributed by atoms with E-state index in [-0.39, 0.29) is 0 Å². The second-order valence-corrected chi connectivity index (χ2v) is 6.51. The molecule has 2 aromatic carbocycles. The minimum atomic E-state index is -0.789. The van der Waals surface area contributed by atoms with Gasteiger partial charge < -0.3 is 10.2 Å². The molecule has 0 unspecified atom stereocenters. The summed E-state index contributed by atoms with van der Waals surface area (Å²) in [5, 5.41) is 4.02. The summed E-state index contributed by atoms with van der Waals surface area (Å²) in [6.45, 7) is 4.21. The molecule has 132 valence electrons. The van der Waals surface area contributed by atoms with Crippen LogP contribution in [0.25, 0.3) is 0 Å². The van der Waals surface area contributed by atoms with Crippen LogP contribution < -0.4 is 5.32 Å². The predicted molar refractivity (Wildman–Crippen MR) is 99.1 cm³/mol. The van der Waals surface area contributed by atoms with Crippen LogP contribution in [0.3, 0.4) is 0 Å². The van der Waals surface area contributed by atoms with Crippen molar-refractivity contribution < 1.29 is 8.78 Å². The van der Waals surface area contributed by atoms with Crippen molar-refractivity contribution >= 4 is 17.3 Å². The highest BCUT2D eigenvalue weighted by Crippen LogP contribution is 2.15. The monoisotopic (exact) mass is 361 g/mol. The molecular formula is C19H21F2N3S. The number of hydrogen-bond acceptors (Lipinski definition) is 2. The average Bonchev–Trinajstić information content (AvgIpc) is 2.65. The lowest BCUT2D eigenvalue weighted by Gasteiger charge is -2.36. The standard InChI is InChI=1S/C19H21F2N3S/c20-17-8-4-7-16(18(17)21)14-23-9-11-24(12-10-23)19(25)22-13-15-5-2-1-3-6-15/h1-8H,9-14H2,(H,22,25). The maximum atomic E-state index is 13.8. The van der Waals surface area contributed by atoms with E-state index in [1.54, 1.807) is 12.1 Å². The largest absolute Gasteiger partial charge is 0.358 e. The molecule has 0 amide bonds. The second kappa shape index (κ2) is 8.36. The van der Waals surface area contributed by atoms with Crippen LogP contribution in [0.1, 0.15) is 11.1 Å². The molecule has 1 heterocycles. The molecule has 2 aromatic rings. The van der Waals surface area contributed by atoms with Gasteiger partial charge in [-0.05, 0) is 23.8 Å². The maximum absolute atomic E-state index is 13.8. The van der Waals surface area contributed by atoms with Gasteiger partial charge in [0.2, 0.25) is 0 Å². The van der Waals surface area contributed by atoms with Gasteiger partial charge in [0.15, 0.2) is 16.7 Å². The van der Waals surface area contributed by atoms with E-state index in [9.17, 15) is 8.78 Å². The fourth-order valence-corrected chi connectivity index (χ4v) is 3.16. The lowest BCUT2D eigenvalue weighted by atomic mass is 10.1. The highest BCUT2D eigenvalue weighted by atomic mass is 32.1. The Kier molecular flexibility index (Phi) is 5.94. The molecule has 1 fully saturated rings. The van der Waals surface area contributed by atoms with Crippen molar-refractivity contribution in [1.29, 1.82) is 0 Å². The minimum Gasteiger partial charge on any atom is -0.358 e. The lowest BCUT2D eigenvalue weighted by Crippen LogP contribution is -2.51. The van der Waals surface area contributed by atoms with Gasteiger partial charge in [-0.15, -0.1) is 0 Å². The molecule has 0 saturated carbocycles. The van der Waals surface area contributed by atoms with E-state index in [2.05, 4.69) is 27.2 Å². The number of nitrogens with one attached hydrogen (secondary N) is 1. The number of hydrogen-bond donors (Lipinski definition) is 1. The number of rotatable bonds is 4. The van der Waals surface area contributed by atoms with E-state index >= 15 is 0 Å². The molecule has 1 aliphatic rings. The molecule has 3 rings (SSSR count). The van der Waals surface area contributed by atoms with Crippen molar-refractivity contribution in [3.8, 4) is 0 Å². The zero-order chi connectivity index (χ0) is 17.6. The van der Waals surface area contributed by atoms with Crippen LogP contribution in [-0.2, 0) is 13.1 Å². The third kappa shape index (κ3) is 4.74. The summed E-state index contributed by atoms with van der Waals surface area (Å²) in [5.74, 6) is -1.53. The van der Waals surface area contributed by atoms with Crippen molar-refractivity contribution in [2.24, 2.45) is 0 Å². The van der Waals surface area contributed by atoms with Gasteiger partial charge in [0.05, 0.1) is 0 Å². The summed E-state index contributed by atoms with van der Waals surface area (Å²) >= 11 is 5.47. The van der Waals surface area contributed by atoms with E-state index in [4.69, 9.17) is 12.2 Å². The molecule has 6 heteroatoms.